The lowest BCUT2D eigenvalue weighted by molar-refractivity contribution is 0.0613. The molecule has 1 fully saturated rings. The van der Waals surface area contributed by atoms with Gasteiger partial charge in [-0.15, -0.1) is 0 Å². The average molecular weight is 408 g/mol. The normalized spacial score (nSPS) is 20.7. The van der Waals surface area contributed by atoms with Crippen molar-refractivity contribution in [1.82, 2.24) is 10.2 Å². The van der Waals surface area contributed by atoms with Crippen LogP contribution >= 0.6 is 0 Å². The molecular formula is C24H25FN2O3. The average Bonchev–Trinajstić information content (AvgIpc) is 3.15. The molecule has 1 aliphatic heterocycles. The van der Waals surface area contributed by atoms with Gasteiger partial charge in [0.2, 0.25) is 0 Å². The second-order valence-electron chi connectivity index (χ2n) is 8.05. The summed E-state index contributed by atoms with van der Waals surface area (Å²) in [4.78, 5) is 39.6. The molecule has 0 unspecified atom stereocenters. The van der Waals surface area contributed by atoms with E-state index < -0.39 is 0 Å². The number of nitrogens with zero attached hydrogens (tertiary/aromatic N) is 1. The minimum Gasteiger partial charge on any atom is -0.349 e. The largest absolute Gasteiger partial charge is 0.349 e. The maximum absolute atomic E-state index is 13.2. The van der Waals surface area contributed by atoms with Crippen LogP contribution in [-0.4, -0.2) is 41.6 Å². The van der Waals surface area contributed by atoms with E-state index in [1.54, 1.807) is 12.1 Å². The number of ketones is 1. The number of hydrogen-bond acceptors (Lipinski definition) is 3. The van der Waals surface area contributed by atoms with Crippen LogP contribution in [0.15, 0.2) is 42.5 Å². The predicted molar refractivity (Wildman–Crippen MR) is 111 cm³/mol. The number of likely N-dealkylation sites (tertiary alicyclic amines) is 1. The maximum Gasteiger partial charge on any atom is 0.254 e. The van der Waals surface area contributed by atoms with E-state index >= 15 is 0 Å². The van der Waals surface area contributed by atoms with Crippen molar-refractivity contribution < 1.29 is 18.8 Å². The van der Waals surface area contributed by atoms with Gasteiger partial charge in [-0.25, -0.2) is 4.39 Å². The number of rotatable bonds is 4. The van der Waals surface area contributed by atoms with Crippen LogP contribution in [0.3, 0.4) is 0 Å². The summed E-state index contributed by atoms with van der Waals surface area (Å²) < 4.78 is 13.1. The van der Waals surface area contributed by atoms with Gasteiger partial charge in [-0.3, -0.25) is 14.4 Å². The molecular weight excluding hydrogens is 383 g/mol. The number of carbonyl (C=O) groups is 3. The zero-order valence-corrected chi connectivity index (χ0v) is 17.0. The van der Waals surface area contributed by atoms with Gasteiger partial charge >= 0.3 is 0 Å². The molecule has 0 aromatic heterocycles. The van der Waals surface area contributed by atoms with Crippen molar-refractivity contribution >= 4 is 17.6 Å². The molecule has 0 radical (unpaired) electrons. The zero-order valence-electron chi connectivity index (χ0n) is 17.0. The molecule has 0 spiro atoms. The van der Waals surface area contributed by atoms with Crippen molar-refractivity contribution in [1.29, 1.82) is 0 Å². The minimum atomic E-state index is -0.376. The lowest BCUT2D eigenvalue weighted by atomic mass is 9.89. The summed E-state index contributed by atoms with van der Waals surface area (Å²) in [6.45, 7) is 3.15. The zero-order chi connectivity index (χ0) is 21.3. The third-order valence-corrected chi connectivity index (χ3v) is 6.28. The van der Waals surface area contributed by atoms with Crippen LogP contribution in [0.1, 0.15) is 62.8 Å². The van der Waals surface area contributed by atoms with Crippen molar-refractivity contribution in [2.45, 2.75) is 38.6 Å². The Morgan fingerprint density at radius 1 is 1.13 bits per heavy atom. The number of Topliss-reactive ketones (excluding diaryl/α,β-unsaturated/α-hetero) is 1. The Labute approximate surface area is 175 Å². The van der Waals surface area contributed by atoms with E-state index in [4.69, 9.17) is 0 Å². The van der Waals surface area contributed by atoms with Gasteiger partial charge in [0.1, 0.15) is 5.82 Å². The fourth-order valence-electron chi connectivity index (χ4n) is 4.53. The number of halogens is 1. The third kappa shape index (κ3) is 3.86. The first-order valence-electron chi connectivity index (χ1n) is 10.5. The monoisotopic (exact) mass is 408 g/mol. The van der Waals surface area contributed by atoms with Crippen LogP contribution < -0.4 is 5.32 Å². The lowest BCUT2D eigenvalue weighted by Crippen LogP contribution is -2.52. The van der Waals surface area contributed by atoms with Gasteiger partial charge < -0.3 is 10.2 Å². The van der Waals surface area contributed by atoms with Crippen molar-refractivity contribution in [3.8, 4) is 0 Å². The smallest absolute Gasteiger partial charge is 0.254 e. The lowest BCUT2D eigenvalue weighted by Gasteiger charge is -2.39. The molecule has 1 N–H and O–H groups in total. The summed E-state index contributed by atoms with van der Waals surface area (Å²) in [7, 11) is 0. The molecule has 2 aromatic carbocycles. The molecule has 2 aromatic rings. The van der Waals surface area contributed by atoms with Crippen molar-refractivity contribution in [2.24, 2.45) is 5.92 Å². The van der Waals surface area contributed by atoms with Gasteiger partial charge in [-0.05, 0) is 61.1 Å². The van der Waals surface area contributed by atoms with E-state index in [1.807, 2.05) is 11.0 Å². The Balaban J connectivity index is 1.45. The van der Waals surface area contributed by atoms with Gasteiger partial charge in [0, 0.05) is 42.2 Å². The molecule has 30 heavy (non-hydrogen) atoms. The van der Waals surface area contributed by atoms with E-state index in [2.05, 4.69) is 12.2 Å². The van der Waals surface area contributed by atoms with Crippen LogP contribution in [0.4, 0.5) is 4.39 Å². The van der Waals surface area contributed by atoms with Crippen molar-refractivity contribution in [2.75, 3.05) is 13.1 Å². The molecule has 5 nitrogen and oxygen atoms in total. The maximum atomic E-state index is 13.2. The number of fused-ring (bicyclic) bond motifs is 1. The molecule has 2 aliphatic rings. The summed E-state index contributed by atoms with van der Waals surface area (Å²) in [5, 5.41) is 3.06. The fraction of sp³-hybridized carbons (Fsp3) is 0.375. The van der Waals surface area contributed by atoms with Gasteiger partial charge in [0.15, 0.2) is 5.78 Å². The first-order chi connectivity index (χ1) is 14.5. The Bertz CT molecular complexity index is 986. The topological polar surface area (TPSA) is 66.5 Å². The number of benzene rings is 2. The summed E-state index contributed by atoms with van der Waals surface area (Å²) >= 11 is 0. The van der Waals surface area contributed by atoms with Gasteiger partial charge in [-0.1, -0.05) is 19.1 Å². The van der Waals surface area contributed by atoms with Crippen molar-refractivity contribution in [3.05, 3.63) is 70.5 Å². The molecule has 4 rings (SSSR count). The summed E-state index contributed by atoms with van der Waals surface area (Å²) in [5.41, 5.74) is 2.60. The van der Waals surface area contributed by atoms with Gasteiger partial charge in [0.25, 0.3) is 11.8 Å². The summed E-state index contributed by atoms with van der Waals surface area (Å²) in [6, 6.07) is 10.8. The van der Waals surface area contributed by atoms with Crippen LogP contribution in [0, 0.1) is 11.7 Å². The molecule has 156 valence electrons. The van der Waals surface area contributed by atoms with Gasteiger partial charge in [0.05, 0.1) is 0 Å². The first kappa shape index (κ1) is 20.3. The quantitative estimate of drug-likeness (QED) is 0.840. The van der Waals surface area contributed by atoms with Crippen LogP contribution in [0.5, 0.6) is 0 Å². The highest BCUT2D eigenvalue weighted by atomic mass is 19.1. The first-order valence-corrected chi connectivity index (χ1v) is 10.5. The summed E-state index contributed by atoms with van der Waals surface area (Å²) in [5.74, 6) is -0.404. The highest BCUT2D eigenvalue weighted by molar-refractivity contribution is 6.05. The van der Waals surface area contributed by atoms with Crippen LogP contribution in [-0.2, 0) is 6.42 Å². The van der Waals surface area contributed by atoms with Gasteiger partial charge in [-0.2, -0.15) is 0 Å². The van der Waals surface area contributed by atoms with Crippen LogP contribution in [0.2, 0.25) is 0 Å². The SMILES string of the molecule is CC[C@@H]1CN(C(=O)c2cccc3c2CCC3=O)CC[C@@H]1NC(=O)c1ccc(F)cc1. The Hall–Kier alpha value is -3.02. The Morgan fingerprint density at radius 3 is 2.63 bits per heavy atom. The molecule has 2 amide bonds. The van der Waals surface area contributed by atoms with E-state index in [0.717, 1.165) is 12.0 Å². The van der Waals surface area contributed by atoms with E-state index in [9.17, 15) is 18.8 Å². The molecule has 0 saturated carbocycles. The highest BCUT2D eigenvalue weighted by Gasteiger charge is 2.33. The fourth-order valence-corrected chi connectivity index (χ4v) is 4.53. The Morgan fingerprint density at radius 2 is 1.90 bits per heavy atom. The molecule has 2 atom stereocenters. The number of hydrogen-bond donors (Lipinski definition) is 1. The standard InChI is InChI=1S/C24H25FN2O3/c1-2-15-14-27(24(30)20-5-3-4-19-18(20)10-11-22(19)28)13-12-21(15)26-23(29)16-6-8-17(25)9-7-16/h3-9,15,21H,2,10-14H2,1H3,(H,26,29)/t15-,21+/m1/s1. The molecule has 1 saturated heterocycles. The highest BCUT2D eigenvalue weighted by Crippen LogP contribution is 2.28. The number of amides is 2. The number of carbonyl (C=O) groups excluding carboxylic acids is 3. The second-order valence-corrected chi connectivity index (χ2v) is 8.05. The van der Waals surface area contributed by atoms with E-state index in [0.29, 0.717) is 49.0 Å². The van der Waals surface area contributed by atoms with E-state index in [-0.39, 0.29) is 35.4 Å². The molecule has 1 heterocycles. The Kier molecular flexibility index (Phi) is 5.66. The molecule has 0 bridgehead atoms. The number of nitrogens with one attached hydrogen (secondary N) is 1. The predicted octanol–water partition coefficient (Wildman–Crippen LogP) is 3.63. The van der Waals surface area contributed by atoms with E-state index in [1.165, 1.54) is 24.3 Å². The van der Waals surface area contributed by atoms with Crippen molar-refractivity contribution in [3.63, 3.8) is 0 Å². The second kappa shape index (κ2) is 8.38. The molecule has 6 heteroatoms. The van der Waals surface area contributed by atoms with Crippen LogP contribution in [0.25, 0.3) is 0 Å². The third-order valence-electron chi connectivity index (χ3n) is 6.28. The number of piperidine rings is 1. The minimum absolute atomic E-state index is 0.0386. The molecule has 1 aliphatic carbocycles. The summed E-state index contributed by atoms with van der Waals surface area (Å²) in [6.07, 6.45) is 2.57.